The second-order valence-corrected chi connectivity index (χ2v) is 0.894. The molecule has 2 amide bonds. The van der Waals surface area contributed by atoms with Crippen LogP contribution in [0.5, 0.6) is 0 Å². The predicted octanol–water partition coefficient (Wildman–Crippen LogP) is -1.66. The van der Waals surface area contributed by atoms with Gasteiger partial charge in [0.25, 0.3) is 0 Å². The zero-order valence-electron chi connectivity index (χ0n) is 3.01. The van der Waals surface area contributed by atoms with Gasteiger partial charge in [0.1, 0.15) is 6.21 Å². The van der Waals surface area contributed by atoms with Crippen molar-refractivity contribution in [3.05, 3.63) is 0 Å². The second-order valence-electron chi connectivity index (χ2n) is 0.894. The van der Waals surface area contributed by atoms with E-state index in [2.05, 4.69) is 9.98 Å². The maximum absolute atomic E-state index is 9.90. The first-order chi connectivity index (χ1) is 2.89. The molecule has 3 nitrogen and oxygen atoms in total. The first-order valence-electron chi connectivity index (χ1n) is 1.56. The Morgan fingerprint density at radius 1 is 1.83 bits per heavy atom. The van der Waals surface area contributed by atoms with Crippen molar-refractivity contribution in [2.75, 3.05) is 0 Å². The number of carbonyl (C=O) groups is 1. The Hall–Kier alpha value is -0.990. The van der Waals surface area contributed by atoms with Crippen molar-refractivity contribution in [1.82, 2.24) is 0 Å². The topological polar surface area (TPSA) is 43.4 Å². The summed E-state index contributed by atoms with van der Waals surface area (Å²) in [5.74, 6) is 0. The Balaban J connectivity index is 2.86. The largest absolute Gasteiger partial charge is 0.537 e. The molecule has 0 radical (unpaired) electrons. The quantitative estimate of drug-likeness (QED) is 0.374. The average molecular weight is 83.1 g/mol. The van der Waals surface area contributed by atoms with Crippen molar-refractivity contribution in [3.63, 3.8) is 0 Å². The van der Waals surface area contributed by atoms with Gasteiger partial charge < -0.3 is 0 Å². The highest BCUT2D eigenvalue weighted by Crippen LogP contribution is 1.60. The third-order valence-corrected chi connectivity index (χ3v) is 0.473. The molecule has 0 aliphatic carbocycles. The fourth-order valence-corrected chi connectivity index (χ4v) is 0.251. The van der Waals surface area contributed by atoms with E-state index >= 15 is 0 Å². The maximum Gasteiger partial charge on any atom is 0.537 e. The standard InChI is InChI=1S/C3H2N2O/c6-3-4-1-2-5-3/h1-2H/p+1. The first kappa shape index (κ1) is 3.21. The van der Waals surface area contributed by atoms with Crippen LogP contribution in [0.15, 0.2) is 4.99 Å². The lowest BCUT2D eigenvalue weighted by atomic mass is 10.9. The minimum Gasteiger partial charge on any atom is -0.204 e. The lowest BCUT2D eigenvalue weighted by Crippen LogP contribution is -2.69. The van der Waals surface area contributed by atoms with E-state index in [0.29, 0.717) is 0 Å². The van der Waals surface area contributed by atoms with E-state index in [0.717, 1.165) is 0 Å². The second kappa shape index (κ2) is 1.01. The van der Waals surface area contributed by atoms with E-state index in [1.54, 1.807) is 0 Å². The number of rotatable bonds is 0. The van der Waals surface area contributed by atoms with Crippen LogP contribution in [0, 0.1) is 0 Å². The van der Waals surface area contributed by atoms with E-state index in [-0.39, 0.29) is 6.03 Å². The van der Waals surface area contributed by atoms with Gasteiger partial charge in [0.2, 0.25) is 0 Å². The number of nitrogens with zero attached hydrogens (tertiary/aromatic N) is 1. The summed E-state index contributed by atoms with van der Waals surface area (Å²) in [5, 5.41) is 0. The van der Waals surface area contributed by atoms with Crippen LogP contribution in [0.25, 0.3) is 0 Å². The van der Waals surface area contributed by atoms with Gasteiger partial charge in [-0.1, -0.05) is 0 Å². The molecule has 1 heterocycles. The minimum absolute atomic E-state index is 0.282. The molecule has 30 valence electrons. The summed E-state index contributed by atoms with van der Waals surface area (Å²) in [6, 6.07) is -0.282. The Bertz CT molecular complexity index is 111. The molecule has 3 heteroatoms. The fourth-order valence-electron chi connectivity index (χ4n) is 0.251. The van der Waals surface area contributed by atoms with Crippen LogP contribution in [0.4, 0.5) is 4.79 Å². The van der Waals surface area contributed by atoms with Crippen LogP contribution in [-0.4, -0.2) is 18.5 Å². The summed E-state index contributed by atoms with van der Waals surface area (Å²) in [5.41, 5.74) is 0. The molecule has 1 aliphatic heterocycles. The third kappa shape index (κ3) is 0.337. The van der Waals surface area contributed by atoms with Gasteiger partial charge in [0.05, 0.1) is 0 Å². The highest BCUT2D eigenvalue weighted by atomic mass is 16.2. The van der Waals surface area contributed by atoms with Gasteiger partial charge in [-0.3, -0.25) is 0 Å². The maximum atomic E-state index is 9.90. The molecule has 0 bridgehead atoms. The van der Waals surface area contributed by atoms with Crippen molar-refractivity contribution >= 4 is 18.5 Å². The van der Waals surface area contributed by atoms with Crippen LogP contribution in [-0.2, 0) is 0 Å². The van der Waals surface area contributed by atoms with Gasteiger partial charge in [0.15, 0.2) is 6.21 Å². The van der Waals surface area contributed by atoms with E-state index in [4.69, 9.17) is 0 Å². The van der Waals surface area contributed by atoms with Gasteiger partial charge in [0, 0.05) is 0 Å². The molecule has 0 unspecified atom stereocenters. The molecule has 1 aliphatic rings. The van der Waals surface area contributed by atoms with Gasteiger partial charge in [-0.05, 0) is 4.99 Å². The molecule has 0 atom stereocenters. The monoisotopic (exact) mass is 83.0 g/mol. The molecule has 1 rings (SSSR count). The van der Waals surface area contributed by atoms with Gasteiger partial charge >= 0.3 is 6.03 Å². The summed E-state index contributed by atoms with van der Waals surface area (Å²) in [4.78, 5) is 15.5. The molecule has 6 heavy (non-hydrogen) atoms. The molecule has 0 aromatic rings. The normalized spacial score (nSPS) is 17.0. The summed E-state index contributed by atoms with van der Waals surface area (Å²) >= 11 is 0. The lowest BCUT2D eigenvalue weighted by molar-refractivity contribution is -0.328. The average Bonchev–Trinajstić information content (AvgIpc) is 1.86. The summed E-state index contributed by atoms with van der Waals surface area (Å²) in [6.07, 6.45) is 2.91. The third-order valence-electron chi connectivity index (χ3n) is 0.473. The number of amides is 2. The van der Waals surface area contributed by atoms with E-state index in [1.807, 2.05) is 0 Å². The Labute approximate surface area is 34.4 Å². The highest BCUT2D eigenvalue weighted by Gasteiger charge is 2.04. The molecule has 0 aromatic carbocycles. The van der Waals surface area contributed by atoms with Crippen LogP contribution in [0.1, 0.15) is 0 Å². The van der Waals surface area contributed by atoms with Gasteiger partial charge in [-0.25, -0.2) is 4.99 Å². The SMILES string of the molecule is O=C1N=CC=[NH+]1. The summed E-state index contributed by atoms with van der Waals surface area (Å²) < 4.78 is 0. The van der Waals surface area contributed by atoms with Crippen LogP contribution < -0.4 is 4.99 Å². The molecule has 0 saturated carbocycles. The van der Waals surface area contributed by atoms with E-state index < -0.39 is 0 Å². The number of nitrogens with one attached hydrogen (secondary N) is 1. The van der Waals surface area contributed by atoms with Crippen molar-refractivity contribution in [3.8, 4) is 0 Å². The van der Waals surface area contributed by atoms with Crippen molar-refractivity contribution in [2.45, 2.75) is 0 Å². The van der Waals surface area contributed by atoms with Crippen molar-refractivity contribution < 1.29 is 9.79 Å². The van der Waals surface area contributed by atoms with Gasteiger partial charge in [-0.15, -0.1) is 0 Å². The van der Waals surface area contributed by atoms with E-state index in [9.17, 15) is 4.79 Å². The molecule has 0 spiro atoms. The van der Waals surface area contributed by atoms with Gasteiger partial charge in [-0.2, -0.15) is 4.79 Å². The van der Waals surface area contributed by atoms with Crippen molar-refractivity contribution in [2.24, 2.45) is 4.99 Å². The molecule has 0 saturated heterocycles. The Kier molecular flexibility index (Phi) is 0.538. The zero-order chi connectivity index (χ0) is 4.41. The van der Waals surface area contributed by atoms with Crippen LogP contribution in [0.2, 0.25) is 0 Å². The fraction of sp³-hybridized carbons (Fsp3) is 0. The minimum atomic E-state index is -0.282. The van der Waals surface area contributed by atoms with Crippen LogP contribution >= 0.6 is 0 Å². The Morgan fingerprint density at radius 3 is 2.83 bits per heavy atom. The molecular weight excluding hydrogens is 80.0 g/mol. The zero-order valence-corrected chi connectivity index (χ0v) is 3.01. The summed E-state index contributed by atoms with van der Waals surface area (Å²) in [6.45, 7) is 0. The number of hydrogen-bond acceptors (Lipinski definition) is 1. The Morgan fingerprint density at radius 2 is 2.67 bits per heavy atom. The van der Waals surface area contributed by atoms with E-state index in [1.165, 1.54) is 12.4 Å². The first-order valence-corrected chi connectivity index (χ1v) is 1.56. The molecule has 1 N–H and O–H groups in total. The molecular formula is C3H3N2O+. The number of hydrogen-bond donors (Lipinski definition) is 1. The smallest absolute Gasteiger partial charge is 0.204 e. The number of carbonyl (C=O) groups excluding carboxylic acids is 1. The summed E-state index contributed by atoms with van der Waals surface area (Å²) in [7, 11) is 0. The molecule has 0 aromatic heterocycles. The number of aliphatic imine (C=N–C) groups is 1. The number of urea groups is 1. The predicted molar refractivity (Wildman–Crippen MR) is 20.9 cm³/mol. The molecule has 0 fully saturated rings. The lowest BCUT2D eigenvalue weighted by Gasteiger charge is -1.51. The van der Waals surface area contributed by atoms with Crippen LogP contribution in [0.3, 0.4) is 0 Å². The highest BCUT2D eigenvalue weighted by molar-refractivity contribution is 6.19. The van der Waals surface area contributed by atoms with Crippen molar-refractivity contribution in [1.29, 1.82) is 0 Å².